The molecule has 12 heavy (non-hydrogen) atoms. The first-order valence-corrected chi connectivity index (χ1v) is 4.50. The molecule has 0 spiro atoms. The zero-order chi connectivity index (χ0) is 8.39. The van der Waals surface area contributed by atoms with Crippen LogP contribution in [0.3, 0.4) is 0 Å². The van der Waals surface area contributed by atoms with E-state index in [0.29, 0.717) is 0 Å². The average Bonchev–Trinajstić information content (AvgIpc) is 2.54. The van der Waals surface area contributed by atoms with Crippen LogP contribution in [0, 0.1) is 0 Å². The highest BCUT2D eigenvalue weighted by Crippen LogP contribution is 2.22. The highest BCUT2D eigenvalue weighted by Gasteiger charge is 2.00. The van der Waals surface area contributed by atoms with Crippen LogP contribution in [0.4, 0.5) is 0 Å². The summed E-state index contributed by atoms with van der Waals surface area (Å²) in [6.45, 7) is 0. The molecule has 0 atom stereocenters. The van der Waals surface area contributed by atoms with Crippen LogP contribution in [-0.2, 0) is 7.05 Å². The molecule has 2 rings (SSSR count). The lowest BCUT2D eigenvalue weighted by Crippen LogP contribution is -1.82. The van der Waals surface area contributed by atoms with Gasteiger partial charge in [0, 0.05) is 12.6 Å². The Balaban J connectivity index is 2.45. The Labute approximate surface area is 72.2 Å². The van der Waals surface area contributed by atoms with E-state index in [2.05, 4.69) is 10.3 Å². The van der Waals surface area contributed by atoms with Crippen molar-refractivity contribution in [2.45, 2.75) is 0 Å². The van der Waals surface area contributed by atoms with E-state index in [4.69, 9.17) is 0 Å². The number of aryl methyl sites for hydroxylation is 1. The summed E-state index contributed by atoms with van der Waals surface area (Å²) < 4.78 is 1.79. The van der Waals surface area contributed by atoms with Gasteiger partial charge in [-0.2, -0.15) is 0 Å². The van der Waals surface area contributed by atoms with Gasteiger partial charge in [0.25, 0.3) is 0 Å². The lowest BCUT2D eigenvalue weighted by Gasteiger charge is -1.90. The fourth-order valence-corrected chi connectivity index (χ4v) is 1.69. The Bertz CT molecular complexity index is 369. The van der Waals surface area contributed by atoms with Crippen molar-refractivity contribution in [3.8, 4) is 11.0 Å². The number of aromatic nitrogens is 3. The highest BCUT2D eigenvalue weighted by molar-refractivity contribution is 7.29. The number of hydrogen-bond donors (Lipinski definition) is 0. The quantitative estimate of drug-likeness (QED) is 0.667. The molecule has 60 valence electrons. The molecule has 0 aliphatic carbocycles. The predicted molar refractivity (Wildman–Crippen MR) is 49.0 cm³/mol. The molecule has 4 heteroatoms. The smallest absolute Gasteiger partial charge is 0.140 e. The van der Waals surface area contributed by atoms with Crippen LogP contribution < -0.4 is 0 Å². The van der Waals surface area contributed by atoms with Gasteiger partial charge in [-0.3, -0.25) is 0 Å². The lowest BCUT2D eigenvalue weighted by molar-refractivity contribution is 0.764. The summed E-state index contributed by atoms with van der Waals surface area (Å²) in [6.07, 6.45) is 0. The summed E-state index contributed by atoms with van der Waals surface area (Å²) >= 11 is 0. The number of hydrogen-bond acceptors (Lipinski definition) is 2. The maximum absolute atomic E-state index is 4.04. The van der Waals surface area contributed by atoms with Gasteiger partial charge in [0.15, 0.2) is 0 Å². The molecule has 1 aromatic carbocycles. The van der Waals surface area contributed by atoms with E-state index < -0.39 is 0 Å². The Morgan fingerprint density at radius 3 is 2.58 bits per heavy atom. The van der Waals surface area contributed by atoms with Crippen LogP contribution in [0.2, 0.25) is 0 Å². The van der Waals surface area contributed by atoms with Crippen LogP contribution in [0.25, 0.3) is 11.0 Å². The van der Waals surface area contributed by atoms with Crippen molar-refractivity contribution >= 4 is 8.35 Å². The van der Waals surface area contributed by atoms with Crippen molar-refractivity contribution in [1.29, 1.82) is 0 Å². The second kappa shape index (κ2) is 3.03. The molecule has 0 aliphatic rings. The third-order valence-corrected chi connectivity index (χ3v) is 2.45. The molecular weight excluding hydrogens is 169 g/mol. The largest absolute Gasteiger partial charge is 0.230 e. The molecule has 0 unspecified atom stereocenters. The van der Waals surface area contributed by atoms with Gasteiger partial charge < -0.3 is 0 Å². The van der Waals surface area contributed by atoms with Crippen LogP contribution in [-0.4, -0.2) is 14.8 Å². The summed E-state index contributed by atoms with van der Waals surface area (Å²) in [5.74, 6) is 0. The number of nitrogens with zero attached hydrogens (tertiary/aromatic N) is 3. The average molecular weight is 177 g/mol. The zero-order valence-corrected chi connectivity index (χ0v) is 7.57. The summed E-state index contributed by atoms with van der Waals surface area (Å²) in [5, 5.41) is 7.95. The van der Waals surface area contributed by atoms with E-state index in [-0.39, 0.29) is 0 Å². The van der Waals surface area contributed by atoms with Gasteiger partial charge in [0.2, 0.25) is 0 Å². The maximum atomic E-state index is 4.04. The number of rotatable bonds is 1. The molecule has 0 bridgehead atoms. The van der Waals surface area contributed by atoms with Gasteiger partial charge in [-0.15, -0.1) is 5.10 Å². The Morgan fingerprint density at radius 1 is 1.25 bits per heavy atom. The van der Waals surface area contributed by atoms with Crippen molar-refractivity contribution in [3.63, 3.8) is 0 Å². The molecule has 1 aromatic heterocycles. The van der Waals surface area contributed by atoms with Crippen molar-refractivity contribution < 1.29 is 0 Å². The molecule has 0 amide bonds. The predicted octanol–water partition coefficient (Wildman–Crippen LogP) is 2.06. The topological polar surface area (TPSA) is 30.7 Å². The minimum Gasteiger partial charge on any atom is -0.230 e. The van der Waals surface area contributed by atoms with E-state index in [1.807, 2.05) is 37.4 Å². The first-order valence-electron chi connectivity index (χ1n) is 3.66. The Kier molecular flexibility index (Phi) is 1.88. The van der Waals surface area contributed by atoms with E-state index in [9.17, 15) is 0 Å². The van der Waals surface area contributed by atoms with Gasteiger partial charge >= 0.3 is 0 Å². The Hall–Kier alpha value is -1.21. The van der Waals surface area contributed by atoms with E-state index in [1.54, 1.807) is 4.44 Å². The van der Waals surface area contributed by atoms with Crippen LogP contribution in [0.1, 0.15) is 0 Å². The van der Waals surface area contributed by atoms with E-state index in [0.717, 1.165) is 19.3 Å². The zero-order valence-electron chi connectivity index (χ0n) is 6.68. The molecule has 0 fully saturated rings. The normalized spacial score (nSPS) is 10.8. The van der Waals surface area contributed by atoms with Crippen molar-refractivity contribution in [2.75, 3.05) is 0 Å². The van der Waals surface area contributed by atoms with Gasteiger partial charge in [-0.25, -0.2) is 4.44 Å². The third-order valence-electron chi connectivity index (χ3n) is 1.54. The molecule has 0 saturated heterocycles. The van der Waals surface area contributed by atoms with Crippen LogP contribution in [0.15, 0.2) is 30.3 Å². The molecule has 1 heterocycles. The monoisotopic (exact) mass is 177 g/mol. The third kappa shape index (κ3) is 1.36. The number of benzene rings is 1. The van der Waals surface area contributed by atoms with Gasteiger partial charge in [-0.1, -0.05) is 35.5 Å². The fraction of sp³-hybridized carbons (Fsp3) is 0.125. The molecule has 0 N–H and O–H groups in total. The maximum Gasteiger partial charge on any atom is 0.140 e. The van der Waals surface area contributed by atoms with Gasteiger partial charge in [0.1, 0.15) is 5.43 Å². The fourth-order valence-electron chi connectivity index (χ4n) is 0.987. The molecule has 0 saturated carbocycles. The summed E-state index contributed by atoms with van der Waals surface area (Å²) in [4.78, 5) is 0. The van der Waals surface area contributed by atoms with E-state index in [1.165, 1.54) is 0 Å². The van der Waals surface area contributed by atoms with Gasteiger partial charge in [0.05, 0.1) is 8.35 Å². The SMILES string of the molecule is Cn1nnc(-c2ccccc2)p1. The van der Waals surface area contributed by atoms with Gasteiger partial charge in [-0.05, 0) is 0 Å². The minimum atomic E-state index is 1.01. The molecular formula is C8H8N3P. The first kappa shape index (κ1) is 7.44. The molecule has 2 aromatic rings. The van der Waals surface area contributed by atoms with Crippen molar-refractivity contribution in [2.24, 2.45) is 7.05 Å². The van der Waals surface area contributed by atoms with Crippen LogP contribution >= 0.6 is 8.35 Å². The van der Waals surface area contributed by atoms with Crippen molar-refractivity contribution in [1.82, 2.24) is 14.8 Å². The first-order chi connectivity index (χ1) is 5.86. The summed E-state index contributed by atoms with van der Waals surface area (Å²) in [5.41, 5.74) is 2.16. The lowest BCUT2D eigenvalue weighted by atomic mass is 10.2. The van der Waals surface area contributed by atoms with Crippen molar-refractivity contribution in [3.05, 3.63) is 30.3 Å². The standard InChI is InChI=1S/C8H8N3P/c1-11-10-9-8(12-11)7-5-3-2-4-6-7/h2-6H,1H3. The highest BCUT2D eigenvalue weighted by atomic mass is 31.0. The summed E-state index contributed by atoms with van der Waals surface area (Å²) in [7, 11) is 2.96. The second-order valence-corrected chi connectivity index (χ2v) is 3.67. The molecule has 0 aliphatic heterocycles. The second-order valence-electron chi connectivity index (χ2n) is 2.47. The summed E-state index contributed by atoms with van der Waals surface area (Å²) in [6, 6.07) is 10.1. The molecule has 3 nitrogen and oxygen atoms in total. The molecule has 0 radical (unpaired) electrons. The Morgan fingerprint density at radius 2 is 2.00 bits per heavy atom. The van der Waals surface area contributed by atoms with E-state index >= 15 is 0 Å². The van der Waals surface area contributed by atoms with Crippen LogP contribution in [0.5, 0.6) is 0 Å². The minimum absolute atomic E-state index is 1.01.